The standard InChI is InChI=1S/C13H26N4/c1-6-7-14-12(8-10(2)3)13-15-9-16-17(13)11(4)5/h9-12,14H,6-8H2,1-5H3. The number of hydrogen-bond acceptors (Lipinski definition) is 3. The Balaban J connectivity index is 2.83. The second-order valence-corrected chi connectivity index (χ2v) is 5.29. The van der Waals surface area contributed by atoms with Crippen LogP contribution in [0.2, 0.25) is 0 Å². The molecule has 17 heavy (non-hydrogen) atoms. The number of rotatable bonds is 7. The maximum atomic E-state index is 4.43. The van der Waals surface area contributed by atoms with E-state index in [1.54, 1.807) is 6.33 Å². The number of hydrogen-bond donors (Lipinski definition) is 1. The Morgan fingerprint density at radius 1 is 1.29 bits per heavy atom. The predicted octanol–water partition coefficient (Wildman–Crippen LogP) is 2.95. The second kappa shape index (κ2) is 6.74. The summed E-state index contributed by atoms with van der Waals surface area (Å²) >= 11 is 0. The first-order chi connectivity index (χ1) is 8.06. The molecule has 1 atom stereocenters. The molecule has 0 fully saturated rings. The van der Waals surface area contributed by atoms with E-state index < -0.39 is 0 Å². The molecule has 1 N–H and O–H groups in total. The summed E-state index contributed by atoms with van der Waals surface area (Å²) in [5, 5.41) is 7.89. The quantitative estimate of drug-likeness (QED) is 0.794. The topological polar surface area (TPSA) is 42.7 Å². The lowest BCUT2D eigenvalue weighted by molar-refractivity contribution is 0.381. The zero-order chi connectivity index (χ0) is 12.8. The van der Waals surface area contributed by atoms with Crippen molar-refractivity contribution in [3.8, 4) is 0 Å². The van der Waals surface area contributed by atoms with Gasteiger partial charge in [-0.15, -0.1) is 0 Å². The van der Waals surface area contributed by atoms with E-state index in [0.717, 1.165) is 25.2 Å². The van der Waals surface area contributed by atoms with Gasteiger partial charge in [0.1, 0.15) is 12.2 Å². The zero-order valence-corrected chi connectivity index (χ0v) is 11.8. The van der Waals surface area contributed by atoms with Gasteiger partial charge in [0, 0.05) is 6.04 Å². The molecule has 1 rings (SSSR count). The number of aromatic nitrogens is 3. The molecule has 0 aliphatic heterocycles. The molecule has 0 radical (unpaired) electrons. The van der Waals surface area contributed by atoms with Crippen LogP contribution in [0.15, 0.2) is 6.33 Å². The molecular formula is C13H26N4. The first-order valence-corrected chi connectivity index (χ1v) is 6.69. The van der Waals surface area contributed by atoms with Crippen LogP contribution in [-0.2, 0) is 0 Å². The van der Waals surface area contributed by atoms with Crippen molar-refractivity contribution in [2.45, 2.75) is 59.5 Å². The molecule has 4 nitrogen and oxygen atoms in total. The Kier molecular flexibility index (Phi) is 5.62. The Labute approximate surface area is 105 Å². The van der Waals surface area contributed by atoms with Crippen LogP contribution in [0.25, 0.3) is 0 Å². The summed E-state index contributed by atoms with van der Waals surface area (Å²) in [4.78, 5) is 4.43. The van der Waals surface area contributed by atoms with Gasteiger partial charge in [-0.25, -0.2) is 9.67 Å². The van der Waals surface area contributed by atoms with Gasteiger partial charge >= 0.3 is 0 Å². The average molecular weight is 238 g/mol. The SMILES string of the molecule is CCCNC(CC(C)C)c1ncnn1C(C)C. The summed E-state index contributed by atoms with van der Waals surface area (Å²) in [5.74, 6) is 1.73. The maximum absolute atomic E-state index is 4.43. The summed E-state index contributed by atoms with van der Waals surface area (Å²) in [5.41, 5.74) is 0. The van der Waals surface area contributed by atoms with Crippen LogP contribution in [0.1, 0.15) is 65.4 Å². The highest BCUT2D eigenvalue weighted by atomic mass is 15.4. The van der Waals surface area contributed by atoms with Gasteiger partial charge < -0.3 is 5.32 Å². The largest absolute Gasteiger partial charge is 0.307 e. The average Bonchev–Trinajstić information content (AvgIpc) is 2.72. The van der Waals surface area contributed by atoms with E-state index in [2.05, 4.69) is 50.0 Å². The van der Waals surface area contributed by atoms with Crippen LogP contribution in [0, 0.1) is 5.92 Å². The predicted molar refractivity (Wildman–Crippen MR) is 70.9 cm³/mol. The molecule has 0 aliphatic carbocycles. The maximum Gasteiger partial charge on any atom is 0.144 e. The fourth-order valence-electron chi connectivity index (χ4n) is 1.98. The third kappa shape index (κ3) is 4.11. The van der Waals surface area contributed by atoms with Gasteiger partial charge in [-0.2, -0.15) is 5.10 Å². The third-order valence-corrected chi connectivity index (χ3v) is 2.75. The van der Waals surface area contributed by atoms with Gasteiger partial charge in [-0.3, -0.25) is 0 Å². The van der Waals surface area contributed by atoms with Crippen molar-refractivity contribution in [3.05, 3.63) is 12.2 Å². The fraction of sp³-hybridized carbons (Fsp3) is 0.846. The molecule has 1 heterocycles. The van der Waals surface area contributed by atoms with Crippen LogP contribution in [-0.4, -0.2) is 21.3 Å². The summed E-state index contributed by atoms with van der Waals surface area (Å²) in [6.45, 7) is 12.0. The molecule has 0 amide bonds. The molecule has 0 saturated heterocycles. The van der Waals surface area contributed by atoms with Crippen LogP contribution in [0.4, 0.5) is 0 Å². The monoisotopic (exact) mass is 238 g/mol. The lowest BCUT2D eigenvalue weighted by Crippen LogP contribution is -2.27. The second-order valence-electron chi connectivity index (χ2n) is 5.29. The molecule has 0 aromatic carbocycles. The van der Waals surface area contributed by atoms with Crippen molar-refractivity contribution in [2.24, 2.45) is 5.92 Å². The van der Waals surface area contributed by atoms with E-state index in [9.17, 15) is 0 Å². The summed E-state index contributed by atoms with van der Waals surface area (Å²) < 4.78 is 2.02. The Hall–Kier alpha value is -0.900. The summed E-state index contributed by atoms with van der Waals surface area (Å²) in [6, 6.07) is 0.686. The van der Waals surface area contributed by atoms with Crippen molar-refractivity contribution in [3.63, 3.8) is 0 Å². The molecule has 0 aliphatic rings. The van der Waals surface area contributed by atoms with Gasteiger partial charge in [0.05, 0.1) is 6.04 Å². The van der Waals surface area contributed by atoms with E-state index in [1.807, 2.05) is 4.68 Å². The highest BCUT2D eigenvalue weighted by molar-refractivity contribution is 4.96. The van der Waals surface area contributed by atoms with Gasteiger partial charge in [-0.1, -0.05) is 20.8 Å². The van der Waals surface area contributed by atoms with E-state index in [-0.39, 0.29) is 0 Å². The third-order valence-electron chi connectivity index (χ3n) is 2.75. The smallest absolute Gasteiger partial charge is 0.144 e. The molecule has 1 unspecified atom stereocenters. The molecule has 0 bridgehead atoms. The minimum absolute atomic E-state index is 0.319. The van der Waals surface area contributed by atoms with Crippen molar-refractivity contribution in [1.82, 2.24) is 20.1 Å². The molecule has 98 valence electrons. The van der Waals surface area contributed by atoms with Crippen LogP contribution < -0.4 is 5.32 Å². The van der Waals surface area contributed by atoms with Crippen molar-refractivity contribution in [1.29, 1.82) is 0 Å². The first kappa shape index (κ1) is 14.2. The zero-order valence-electron chi connectivity index (χ0n) is 11.8. The Morgan fingerprint density at radius 3 is 2.53 bits per heavy atom. The molecule has 1 aromatic heterocycles. The van der Waals surface area contributed by atoms with E-state index >= 15 is 0 Å². The molecule has 0 saturated carbocycles. The normalized spacial score (nSPS) is 13.6. The Bertz CT molecular complexity index is 317. The van der Waals surface area contributed by atoms with E-state index in [0.29, 0.717) is 18.0 Å². The molecular weight excluding hydrogens is 212 g/mol. The van der Waals surface area contributed by atoms with E-state index in [1.165, 1.54) is 0 Å². The van der Waals surface area contributed by atoms with Crippen molar-refractivity contribution < 1.29 is 0 Å². The number of nitrogens with zero attached hydrogens (tertiary/aromatic N) is 3. The van der Waals surface area contributed by atoms with Crippen molar-refractivity contribution >= 4 is 0 Å². The minimum Gasteiger partial charge on any atom is -0.307 e. The lowest BCUT2D eigenvalue weighted by Gasteiger charge is -2.21. The Morgan fingerprint density at radius 2 is 2.00 bits per heavy atom. The van der Waals surface area contributed by atoms with Crippen LogP contribution >= 0.6 is 0 Å². The summed E-state index contributed by atoms with van der Waals surface area (Å²) in [6.07, 6.45) is 3.91. The summed E-state index contributed by atoms with van der Waals surface area (Å²) in [7, 11) is 0. The molecule has 0 spiro atoms. The highest BCUT2D eigenvalue weighted by Crippen LogP contribution is 2.21. The van der Waals surface area contributed by atoms with Crippen molar-refractivity contribution in [2.75, 3.05) is 6.54 Å². The minimum atomic E-state index is 0.319. The highest BCUT2D eigenvalue weighted by Gasteiger charge is 2.19. The van der Waals surface area contributed by atoms with Crippen LogP contribution in [0.3, 0.4) is 0 Å². The van der Waals surface area contributed by atoms with Gasteiger partial charge in [0.25, 0.3) is 0 Å². The van der Waals surface area contributed by atoms with E-state index in [4.69, 9.17) is 0 Å². The molecule has 1 aromatic rings. The fourth-order valence-corrected chi connectivity index (χ4v) is 1.98. The van der Waals surface area contributed by atoms with Crippen LogP contribution in [0.5, 0.6) is 0 Å². The van der Waals surface area contributed by atoms with Gasteiger partial charge in [0.2, 0.25) is 0 Å². The first-order valence-electron chi connectivity index (χ1n) is 6.69. The van der Waals surface area contributed by atoms with Gasteiger partial charge in [-0.05, 0) is 39.2 Å². The molecule has 4 heteroatoms. The van der Waals surface area contributed by atoms with Gasteiger partial charge in [0.15, 0.2) is 0 Å². The lowest BCUT2D eigenvalue weighted by atomic mass is 10.0. The number of nitrogens with one attached hydrogen (secondary N) is 1.